The number of aromatic nitrogens is 2. The van der Waals surface area contributed by atoms with E-state index in [9.17, 15) is 9.59 Å². The minimum Gasteiger partial charge on any atom is -0.340 e. The van der Waals surface area contributed by atoms with Gasteiger partial charge in [0.2, 0.25) is 11.8 Å². The number of amides is 2. The molecule has 0 aromatic carbocycles. The van der Waals surface area contributed by atoms with Crippen LogP contribution in [-0.2, 0) is 9.59 Å². The summed E-state index contributed by atoms with van der Waals surface area (Å²) < 4.78 is 1.97. The van der Waals surface area contributed by atoms with E-state index in [-0.39, 0.29) is 17.7 Å². The molecular formula is C19H31N5O2. The fourth-order valence-corrected chi connectivity index (χ4v) is 3.88. The van der Waals surface area contributed by atoms with Crippen molar-refractivity contribution in [1.82, 2.24) is 19.6 Å². The molecule has 2 heterocycles. The number of anilines is 1. The number of rotatable bonds is 6. The minimum absolute atomic E-state index is 0.0328. The summed E-state index contributed by atoms with van der Waals surface area (Å²) in [5, 5.41) is 7.41. The fraction of sp³-hybridized carbons (Fsp3) is 0.737. The average Bonchev–Trinajstić information content (AvgIpc) is 3.31. The molecule has 0 unspecified atom stereocenters. The highest BCUT2D eigenvalue weighted by Gasteiger charge is 2.23. The van der Waals surface area contributed by atoms with Gasteiger partial charge in [0.05, 0.1) is 12.2 Å². The first-order valence-corrected chi connectivity index (χ1v) is 9.89. The second kappa shape index (κ2) is 8.66. The summed E-state index contributed by atoms with van der Waals surface area (Å²) in [6.45, 7) is 7.80. The molecule has 0 radical (unpaired) electrons. The molecule has 1 aromatic rings. The van der Waals surface area contributed by atoms with Crippen LogP contribution in [0, 0.1) is 5.92 Å². The van der Waals surface area contributed by atoms with Gasteiger partial charge in [-0.15, -0.1) is 0 Å². The summed E-state index contributed by atoms with van der Waals surface area (Å²) in [7, 11) is 0. The van der Waals surface area contributed by atoms with Gasteiger partial charge in [-0.05, 0) is 12.8 Å². The Bertz CT molecular complexity index is 613. The molecule has 1 saturated carbocycles. The summed E-state index contributed by atoms with van der Waals surface area (Å²) in [6, 6.07) is 2.30. The van der Waals surface area contributed by atoms with Gasteiger partial charge in [-0.1, -0.05) is 26.7 Å². The van der Waals surface area contributed by atoms with Gasteiger partial charge in [0.15, 0.2) is 0 Å². The highest BCUT2D eigenvalue weighted by Crippen LogP contribution is 2.31. The molecule has 7 nitrogen and oxygen atoms in total. The highest BCUT2D eigenvalue weighted by molar-refractivity contribution is 5.89. The number of hydrogen-bond donors (Lipinski definition) is 1. The monoisotopic (exact) mass is 361 g/mol. The summed E-state index contributed by atoms with van der Waals surface area (Å²) in [5.41, 5.74) is 0. The molecule has 1 aromatic heterocycles. The third-order valence-corrected chi connectivity index (χ3v) is 5.44. The van der Waals surface area contributed by atoms with Crippen LogP contribution in [0.1, 0.15) is 52.0 Å². The zero-order chi connectivity index (χ0) is 18.5. The Labute approximate surface area is 155 Å². The molecule has 0 atom stereocenters. The summed E-state index contributed by atoms with van der Waals surface area (Å²) in [4.78, 5) is 28.6. The Balaban J connectivity index is 1.41. The maximum Gasteiger partial charge on any atom is 0.226 e. The summed E-state index contributed by atoms with van der Waals surface area (Å²) >= 11 is 0. The van der Waals surface area contributed by atoms with Gasteiger partial charge in [0.25, 0.3) is 0 Å². The van der Waals surface area contributed by atoms with Gasteiger partial charge < -0.3 is 10.2 Å². The van der Waals surface area contributed by atoms with E-state index in [0.29, 0.717) is 12.5 Å². The Kier molecular flexibility index (Phi) is 6.29. The third-order valence-electron chi connectivity index (χ3n) is 5.44. The van der Waals surface area contributed by atoms with Crippen molar-refractivity contribution in [1.29, 1.82) is 0 Å². The van der Waals surface area contributed by atoms with Crippen molar-refractivity contribution in [2.24, 2.45) is 5.92 Å². The zero-order valence-electron chi connectivity index (χ0n) is 16.0. The predicted octanol–water partition coefficient (Wildman–Crippen LogP) is 2.13. The van der Waals surface area contributed by atoms with E-state index in [4.69, 9.17) is 0 Å². The summed E-state index contributed by atoms with van der Waals surface area (Å²) in [6.07, 6.45) is 6.99. The van der Waals surface area contributed by atoms with Gasteiger partial charge in [0, 0.05) is 51.1 Å². The van der Waals surface area contributed by atoms with Gasteiger partial charge >= 0.3 is 0 Å². The number of nitrogens with one attached hydrogen (secondary N) is 1. The molecule has 1 aliphatic heterocycles. The van der Waals surface area contributed by atoms with Crippen LogP contribution in [0.2, 0.25) is 0 Å². The quantitative estimate of drug-likeness (QED) is 0.843. The molecule has 26 heavy (non-hydrogen) atoms. The van der Waals surface area contributed by atoms with Gasteiger partial charge in [-0.25, -0.2) is 4.68 Å². The maximum atomic E-state index is 12.3. The standard InChI is InChI=1S/C19H31N5O2/c1-15(2)19(26)23-13-11-22(12-14-23)10-8-18(25)21-17-7-9-20-24(17)16-5-3-4-6-16/h7,9,15-16H,3-6,8,10-14H2,1-2H3,(H,21,25). The first kappa shape index (κ1) is 18.9. The predicted molar refractivity (Wildman–Crippen MR) is 101 cm³/mol. The molecule has 1 N–H and O–H groups in total. The van der Waals surface area contributed by atoms with Crippen LogP contribution in [0.3, 0.4) is 0 Å². The van der Waals surface area contributed by atoms with Crippen LogP contribution in [0.4, 0.5) is 5.82 Å². The molecular weight excluding hydrogens is 330 g/mol. The molecule has 2 amide bonds. The molecule has 144 valence electrons. The minimum atomic E-state index is 0.0328. The molecule has 0 spiro atoms. The highest BCUT2D eigenvalue weighted by atomic mass is 16.2. The second-order valence-corrected chi connectivity index (χ2v) is 7.72. The van der Waals surface area contributed by atoms with Crippen LogP contribution in [0.5, 0.6) is 0 Å². The maximum absolute atomic E-state index is 12.3. The molecule has 3 rings (SSSR count). The lowest BCUT2D eigenvalue weighted by Crippen LogP contribution is -2.50. The van der Waals surface area contributed by atoms with Crippen molar-refractivity contribution < 1.29 is 9.59 Å². The van der Waals surface area contributed by atoms with Gasteiger partial charge in [-0.3, -0.25) is 14.5 Å². The van der Waals surface area contributed by atoms with E-state index in [1.54, 1.807) is 6.20 Å². The SMILES string of the molecule is CC(C)C(=O)N1CCN(CCC(=O)Nc2ccnn2C2CCCC2)CC1. The normalized spacial score (nSPS) is 19.3. The first-order valence-electron chi connectivity index (χ1n) is 9.89. The number of hydrogen-bond acceptors (Lipinski definition) is 4. The smallest absolute Gasteiger partial charge is 0.226 e. The molecule has 0 bridgehead atoms. The van der Waals surface area contributed by atoms with Crippen LogP contribution < -0.4 is 5.32 Å². The van der Waals surface area contributed by atoms with Gasteiger partial charge in [-0.2, -0.15) is 5.10 Å². The Morgan fingerprint density at radius 3 is 2.54 bits per heavy atom. The molecule has 7 heteroatoms. The number of carbonyl (C=O) groups is 2. The lowest BCUT2D eigenvalue weighted by molar-refractivity contribution is -0.136. The van der Waals surface area contributed by atoms with E-state index in [0.717, 1.165) is 51.4 Å². The van der Waals surface area contributed by atoms with E-state index in [1.807, 2.05) is 29.5 Å². The van der Waals surface area contributed by atoms with E-state index >= 15 is 0 Å². The van der Waals surface area contributed by atoms with Crippen molar-refractivity contribution >= 4 is 17.6 Å². The fourth-order valence-electron chi connectivity index (χ4n) is 3.88. The van der Waals surface area contributed by atoms with E-state index < -0.39 is 0 Å². The van der Waals surface area contributed by atoms with Crippen LogP contribution >= 0.6 is 0 Å². The van der Waals surface area contributed by atoms with Gasteiger partial charge in [0.1, 0.15) is 5.82 Å². The lowest BCUT2D eigenvalue weighted by atomic mass is 10.1. The molecule has 1 aliphatic carbocycles. The Hall–Kier alpha value is -1.89. The third kappa shape index (κ3) is 4.63. The van der Waals surface area contributed by atoms with Crippen molar-refractivity contribution in [3.63, 3.8) is 0 Å². The zero-order valence-corrected chi connectivity index (χ0v) is 16.0. The second-order valence-electron chi connectivity index (χ2n) is 7.72. The average molecular weight is 361 g/mol. The summed E-state index contributed by atoms with van der Waals surface area (Å²) in [5.74, 6) is 1.12. The lowest BCUT2D eigenvalue weighted by Gasteiger charge is -2.35. The van der Waals surface area contributed by atoms with E-state index in [1.165, 1.54) is 12.8 Å². The van der Waals surface area contributed by atoms with Crippen LogP contribution in [0.15, 0.2) is 12.3 Å². The van der Waals surface area contributed by atoms with E-state index in [2.05, 4.69) is 15.3 Å². The van der Waals surface area contributed by atoms with Crippen molar-refractivity contribution in [3.8, 4) is 0 Å². The van der Waals surface area contributed by atoms with Crippen molar-refractivity contribution in [3.05, 3.63) is 12.3 Å². The topological polar surface area (TPSA) is 70.5 Å². The van der Waals surface area contributed by atoms with Crippen LogP contribution in [-0.4, -0.2) is 64.1 Å². The first-order chi connectivity index (χ1) is 12.5. The largest absolute Gasteiger partial charge is 0.340 e. The van der Waals surface area contributed by atoms with Crippen molar-refractivity contribution in [2.75, 3.05) is 38.0 Å². The van der Waals surface area contributed by atoms with Crippen molar-refractivity contribution in [2.45, 2.75) is 52.0 Å². The number of piperazine rings is 1. The molecule has 2 fully saturated rings. The Morgan fingerprint density at radius 2 is 1.88 bits per heavy atom. The number of nitrogens with zero attached hydrogens (tertiary/aromatic N) is 4. The van der Waals surface area contributed by atoms with Crippen LogP contribution in [0.25, 0.3) is 0 Å². The Morgan fingerprint density at radius 1 is 1.19 bits per heavy atom. The molecule has 2 aliphatic rings. The molecule has 1 saturated heterocycles. The number of carbonyl (C=O) groups excluding carboxylic acids is 2.